The lowest BCUT2D eigenvalue weighted by molar-refractivity contribution is 0.0989. The Morgan fingerprint density at radius 2 is 1.83 bits per heavy atom. The van der Waals surface area contributed by atoms with Gasteiger partial charge in [-0.2, -0.15) is 0 Å². The predicted molar refractivity (Wildman–Crippen MR) is 79.6 cm³/mol. The van der Waals surface area contributed by atoms with Gasteiger partial charge in [0.05, 0.1) is 4.90 Å². The number of benzene rings is 2. The first-order valence-corrected chi connectivity index (χ1v) is 8.24. The minimum atomic E-state index is -3.82. The Morgan fingerprint density at radius 1 is 1.09 bits per heavy atom. The van der Waals surface area contributed by atoms with Crippen molar-refractivity contribution in [2.75, 3.05) is 11.4 Å². The predicted octanol–water partition coefficient (Wildman–Crippen LogP) is 1.82. The molecule has 1 aliphatic rings. The number of fused-ring (bicyclic) bond motifs is 1. The van der Waals surface area contributed by atoms with Gasteiger partial charge in [-0.3, -0.25) is 4.79 Å². The number of halogens is 2. The zero-order valence-electron chi connectivity index (χ0n) is 11.8. The summed E-state index contributed by atoms with van der Waals surface area (Å²) in [4.78, 5) is 13.8. The van der Waals surface area contributed by atoms with Crippen LogP contribution < -0.4 is 10.0 Å². The van der Waals surface area contributed by atoms with Gasteiger partial charge in [0.25, 0.3) is 5.91 Å². The van der Waals surface area contributed by atoms with E-state index >= 15 is 0 Å². The summed E-state index contributed by atoms with van der Waals surface area (Å²) in [5, 5.41) is 5.08. The number of nitrogens with zero attached hydrogens (tertiary/aromatic N) is 1. The van der Waals surface area contributed by atoms with E-state index < -0.39 is 27.6 Å². The van der Waals surface area contributed by atoms with Crippen LogP contribution in [0.2, 0.25) is 0 Å². The normalized spacial score (nSPS) is 14.0. The maximum atomic E-state index is 13.3. The van der Waals surface area contributed by atoms with Crippen LogP contribution in [0.15, 0.2) is 41.3 Å². The molecule has 8 heteroatoms. The van der Waals surface area contributed by atoms with E-state index in [1.165, 1.54) is 29.2 Å². The summed E-state index contributed by atoms with van der Waals surface area (Å²) < 4.78 is 49.0. The molecule has 2 aromatic rings. The highest BCUT2D eigenvalue weighted by Gasteiger charge is 2.27. The highest BCUT2D eigenvalue weighted by molar-refractivity contribution is 7.89. The average molecular weight is 338 g/mol. The summed E-state index contributed by atoms with van der Waals surface area (Å²) in [6.07, 6.45) is 0.452. The second kappa shape index (κ2) is 5.39. The number of hydrogen-bond acceptors (Lipinski definition) is 3. The summed E-state index contributed by atoms with van der Waals surface area (Å²) in [5.74, 6) is -2.60. The van der Waals surface area contributed by atoms with E-state index in [0.29, 0.717) is 24.2 Å². The standard InChI is InChI=1S/C15H12F2N2O3S/c16-12-3-1-10(8-13(12)17)15(20)19-6-5-9-7-11(23(18,21)22)2-4-14(9)19/h1-4,7-8H,5-6H2,(H2,18,21,22). The van der Waals surface area contributed by atoms with Crippen LogP contribution in [0.3, 0.4) is 0 Å². The minimum absolute atomic E-state index is 0.0206. The summed E-state index contributed by atoms with van der Waals surface area (Å²) in [7, 11) is -3.82. The number of rotatable bonds is 2. The lowest BCUT2D eigenvalue weighted by Crippen LogP contribution is -2.29. The first kappa shape index (κ1) is 15.6. The Balaban J connectivity index is 1.96. The van der Waals surface area contributed by atoms with Crippen molar-refractivity contribution < 1.29 is 22.0 Å². The first-order valence-electron chi connectivity index (χ1n) is 6.70. The summed E-state index contributed by atoms with van der Waals surface area (Å²) >= 11 is 0. The molecule has 1 aliphatic heterocycles. The van der Waals surface area contributed by atoms with Crippen molar-refractivity contribution in [1.29, 1.82) is 0 Å². The van der Waals surface area contributed by atoms with Gasteiger partial charge in [0.15, 0.2) is 11.6 Å². The van der Waals surface area contributed by atoms with E-state index in [4.69, 9.17) is 5.14 Å². The van der Waals surface area contributed by atoms with Crippen LogP contribution in [0, 0.1) is 11.6 Å². The summed E-state index contributed by atoms with van der Waals surface area (Å²) in [6.45, 7) is 0.321. The van der Waals surface area contributed by atoms with Crippen LogP contribution in [0.1, 0.15) is 15.9 Å². The Bertz CT molecular complexity index is 913. The fraction of sp³-hybridized carbons (Fsp3) is 0.133. The molecule has 2 N–H and O–H groups in total. The van der Waals surface area contributed by atoms with Gasteiger partial charge in [0.1, 0.15) is 0 Å². The van der Waals surface area contributed by atoms with Crippen LogP contribution >= 0.6 is 0 Å². The zero-order valence-corrected chi connectivity index (χ0v) is 12.6. The fourth-order valence-electron chi connectivity index (χ4n) is 2.55. The maximum Gasteiger partial charge on any atom is 0.258 e. The average Bonchev–Trinajstić information content (AvgIpc) is 2.91. The molecule has 1 amide bonds. The molecule has 0 saturated carbocycles. The van der Waals surface area contributed by atoms with E-state index in [1.807, 2.05) is 0 Å². The number of amides is 1. The van der Waals surface area contributed by atoms with Crippen LogP contribution in [0.5, 0.6) is 0 Å². The number of anilines is 1. The van der Waals surface area contributed by atoms with Crippen molar-refractivity contribution >= 4 is 21.6 Å². The van der Waals surface area contributed by atoms with Crippen LogP contribution in [-0.4, -0.2) is 20.9 Å². The van der Waals surface area contributed by atoms with Gasteiger partial charge in [-0.1, -0.05) is 0 Å². The number of carbonyl (C=O) groups is 1. The molecule has 0 aliphatic carbocycles. The van der Waals surface area contributed by atoms with Gasteiger partial charge >= 0.3 is 0 Å². The SMILES string of the molecule is NS(=O)(=O)c1ccc2c(c1)CCN2C(=O)c1ccc(F)c(F)c1. The molecule has 2 aromatic carbocycles. The van der Waals surface area contributed by atoms with Gasteiger partial charge in [-0.15, -0.1) is 0 Å². The molecule has 1 heterocycles. The molecule has 0 radical (unpaired) electrons. The first-order chi connectivity index (χ1) is 10.8. The Hall–Kier alpha value is -2.32. The van der Waals surface area contributed by atoms with Crippen molar-refractivity contribution in [3.8, 4) is 0 Å². The molecule has 0 spiro atoms. The third kappa shape index (κ3) is 2.82. The highest BCUT2D eigenvalue weighted by Crippen LogP contribution is 2.31. The third-order valence-electron chi connectivity index (χ3n) is 3.69. The second-order valence-corrected chi connectivity index (χ2v) is 6.73. The Labute approximate surface area is 131 Å². The van der Waals surface area contributed by atoms with Crippen molar-refractivity contribution in [2.45, 2.75) is 11.3 Å². The number of hydrogen-bond donors (Lipinski definition) is 1. The van der Waals surface area contributed by atoms with Crippen LogP contribution in [-0.2, 0) is 16.4 Å². The van der Waals surface area contributed by atoms with Crippen molar-refractivity contribution in [2.24, 2.45) is 5.14 Å². The monoisotopic (exact) mass is 338 g/mol. The van der Waals surface area contributed by atoms with Crippen molar-refractivity contribution in [1.82, 2.24) is 0 Å². The lowest BCUT2D eigenvalue weighted by Gasteiger charge is -2.17. The van der Waals surface area contributed by atoms with Crippen molar-refractivity contribution in [3.63, 3.8) is 0 Å². The van der Waals surface area contributed by atoms with Gasteiger partial charge in [-0.05, 0) is 48.4 Å². The number of sulfonamides is 1. The third-order valence-corrected chi connectivity index (χ3v) is 4.60. The van der Waals surface area contributed by atoms with Crippen LogP contribution in [0.25, 0.3) is 0 Å². The molecule has 0 saturated heterocycles. The topological polar surface area (TPSA) is 80.5 Å². The number of primary sulfonamides is 1. The maximum absolute atomic E-state index is 13.3. The molecular weight excluding hydrogens is 326 g/mol. The Morgan fingerprint density at radius 3 is 2.48 bits per heavy atom. The Kier molecular flexibility index (Phi) is 3.65. The smallest absolute Gasteiger partial charge is 0.258 e. The molecular formula is C15H12F2N2O3S. The number of carbonyl (C=O) groups excluding carboxylic acids is 1. The summed E-state index contributed by atoms with van der Waals surface area (Å²) in [5.41, 5.74) is 1.21. The van der Waals surface area contributed by atoms with Gasteiger partial charge < -0.3 is 4.90 Å². The van der Waals surface area contributed by atoms with E-state index in [2.05, 4.69) is 0 Å². The molecule has 0 fully saturated rings. The van der Waals surface area contributed by atoms with E-state index in [0.717, 1.165) is 12.1 Å². The molecule has 23 heavy (non-hydrogen) atoms. The molecule has 0 atom stereocenters. The van der Waals surface area contributed by atoms with E-state index in [9.17, 15) is 22.0 Å². The lowest BCUT2D eigenvalue weighted by atomic mass is 10.1. The molecule has 3 rings (SSSR count). The summed E-state index contributed by atoms with van der Waals surface area (Å²) in [6, 6.07) is 7.16. The molecule has 0 bridgehead atoms. The minimum Gasteiger partial charge on any atom is -0.308 e. The quantitative estimate of drug-likeness (QED) is 0.907. The zero-order chi connectivity index (χ0) is 16.8. The molecule has 120 valence electrons. The largest absolute Gasteiger partial charge is 0.308 e. The molecule has 5 nitrogen and oxygen atoms in total. The molecule has 0 aromatic heterocycles. The second-order valence-electron chi connectivity index (χ2n) is 5.17. The van der Waals surface area contributed by atoms with Crippen molar-refractivity contribution in [3.05, 3.63) is 59.2 Å². The highest BCUT2D eigenvalue weighted by atomic mass is 32.2. The van der Waals surface area contributed by atoms with Gasteiger partial charge in [0, 0.05) is 17.8 Å². The fourth-order valence-corrected chi connectivity index (χ4v) is 3.12. The number of nitrogens with two attached hydrogens (primary N) is 1. The van der Waals surface area contributed by atoms with Crippen LogP contribution in [0.4, 0.5) is 14.5 Å². The van der Waals surface area contributed by atoms with E-state index in [-0.39, 0.29) is 10.5 Å². The molecule has 0 unspecified atom stereocenters. The van der Waals surface area contributed by atoms with Gasteiger partial charge in [-0.25, -0.2) is 22.3 Å². The van der Waals surface area contributed by atoms with Gasteiger partial charge in [0.2, 0.25) is 10.0 Å². The van der Waals surface area contributed by atoms with E-state index in [1.54, 1.807) is 0 Å².